The molecule has 0 radical (unpaired) electrons. The molecule has 2 unspecified atom stereocenters. The number of benzene rings is 2. The fourth-order valence-electron chi connectivity index (χ4n) is 3.47. The minimum atomic E-state index is -3.64. The molecular weight excluding hydrogens is 357 g/mol. The Bertz CT molecular complexity index is 1020. The molecule has 1 fully saturated rings. The summed E-state index contributed by atoms with van der Waals surface area (Å²) in [6.45, 7) is 0. The Balaban J connectivity index is 1.76. The monoisotopic (exact) mass is 373 g/mol. The standard InChI is InChI=1S/C18H16FN3O3S/c1-22-16(23)10-14(17(22)11-6-8-12(19)9-7-11)20-18-13-4-2-3-5-15(13)26(24,25)21-18/h2-9,14,17H,10H2,1H3,(H,20,21). The van der Waals surface area contributed by atoms with E-state index in [1.165, 1.54) is 18.2 Å². The first-order valence-corrected chi connectivity index (χ1v) is 9.56. The van der Waals surface area contributed by atoms with Gasteiger partial charge in [-0.25, -0.2) is 12.8 Å². The summed E-state index contributed by atoms with van der Waals surface area (Å²) in [5.41, 5.74) is 1.25. The molecule has 6 nitrogen and oxygen atoms in total. The second-order valence-electron chi connectivity index (χ2n) is 6.35. The van der Waals surface area contributed by atoms with Crippen molar-refractivity contribution in [1.29, 1.82) is 0 Å². The summed E-state index contributed by atoms with van der Waals surface area (Å²) in [4.78, 5) is 18.5. The minimum Gasteiger partial charge on any atom is -0.336 e. The zero-order chi connectivity index (χ0) is 18.5. The van der Waals surface area contributed by atoms with Crippen molar-refractivity contribution in [2.75, 3.05) is 7.05 Å². The van der Waals surface area contributed by atoms with Crippen LogP contribution in [0.4, 0.5) is 4.39 Å². The van der Waals surface area contributed by atoms with Crippen molar-refractivity contribution in [1.82, 2.24) is 9.62 Å². The van der Waals surface area contributed by atoms with Gasteiger partial charge in [0.15, 0.2) is 0 Å². The quantitative estimate of drug-likeness (QED) is 0.872. The van der Waals surface area contributed by atoms with E-state index >= 15 is 0 Å². The Labute approximate surface area is 150 Å². The number of aliphatic imine (C=N–C) groups is 1. The number of rotatable bonds is 2. The van der Waals surface area contributed by atoms with E-state index in [-0.39, 0.29) is 34.9 Å². The molecule has 1 amide bonds. The van der Waals surface area contributed by atoms with Gasteiger partial charge in [0.2, 0.25) is 5.91 Å². The lowest BCUT2D eigenvalue weighted by atomic mass is 10.0. The summed E-state index contributed by atoms with van der Waals surface area (Å²) in [6, 6.07) is 11.6. The fraction of sp³-hybridized carbons (Fsp3) is 0.222. The minimum absolute atomic E-state index is 0.0946. The van der Waals surface area contributed by atoms with Gasteiger partial charge in [0.05, 0.1) is 23.4 Å². The number of amides is 1. The third-order valence-electron chi connectivity index (χ3n) is 4.73. The van der Waals surface area contributed by atoms with E-state index in [1.807, 2.05) is 0 Å². The van der Waals surface area contributed by atoms with Crippen LogP contribution in [0, 0.1) is 5.82 Å². The maximum absolute atomic E-state index is 13.2. The van der Waals surface area contributed by atoms with Crippen LogP contribution in [0.2, 0.25) is 0 Å². The van der Waals surface area contributed by atoms with Crippen molar-refractivity contribution < 1.29 is 17.6 Å². The summed E-state index contributed by atoms with van der Waals surface area (Å²) in [7, 11) is -1.97. The number of hydrogen-bond acceptors (Lipinski definition) is 4. The van der Waals surface area contributed by atoms with Gasteiger partial charge in [-0.15, -0.1) is 0 Å². The first-order chi connectivity index (χ1) is 12.4. The molecule has 0 bridgehead atoms. The first kappa shape index (κ1) is 16.7. The molecule has 4 rings (SSSR count). The lowest BCUT2D eigenvalue weighted by Gasteiger charge is -2.23. The molecular formula is C18H16FN3O3S. The highest BCUT2D eigenvalue weighted by Crippen LogP contribution is 2.35. The molecule has 2 aromatic carbocycles. The molecule has 2 atom stereocenters. The number of carbonyl (C=O) groups excluding carboxylic acids is 1. The van der Waals surface area contributed by atoms with Crippen LogP contribution >= 0.6 is 0 Å². The molecule has 2 aliphatic heterocycles. The van der Waals surface area contributed by atoms with Crippen molar-refractivity contribution in [3.8, 4) is 0 Å². The van der Waals surface area contributed by atoms with Crippen LogP contribution in [0.1, 0.15) is 23.6 Å². The molecule has 8 heteroatoms. The predicted molar refractivity (Wildman–Crippen MR) is 93.6 cm³/mol. The van der Waals surface area contributed by atoms with Crippen molar-refractivity contribution in [2.45, 2.75) is 23.4 Å². The van der Waals surface area contributed by atoms with Gasteiger partial charge in [0.1, 0.15) is 11.7 Å². The lowest BCUT2D eigenvalue weighted by molar-refractivity contribution is -0.127. The average Bonchev–Trinajstić information content (AvgIpc) is 3.03. The van der Waals surface area contributed by atoms with Crippen molar-refractivity contribution >= 4 is 21.8 Å². The third kappa shape index (κ3) is 2.66. The second kappa shape index (κ2) is 5.91. The zero-order valence-electron chi connectivity index (χ0n) is 13.9. The highest BCUT2D eigenvalue weighted by molar-refractivity contribution is 7.90. The molecule has 0 saturated carbocycles. The highest BCUT2D eigenvalue weighted by atomic mass is 32.2. The number of halogens is 1. The van der Waals surface area contributed by atoms with Crippen LogP contribution in [0.3, 0.4) is 0 Å². The van der Waals surface area contributed by atoms with E-state index in [0.717, 1.165) is 5.56 Å². The SMILES string of the molecule is CN1C(=O)CC(N=C2NS(=O)(=O)c3ccccc32)C1c1ccc(F)cc1. The second-order valence-corrected chi connectivity index (χ2v) is 8.00. The summed E-state index contributed by atoms with van der Waals surface area (Å²) < 4.78 is 40.2. The number of carbonyl (C=O) groups is 1. The lowest BCUT2D eigenvalue weighted by Crippen LogP contribution is -2.28. The van der Waals surface area contributed by atoms with Gasteiger partial charge in [0, 0.05) is 12.6 Å². The number of amidine groups is 1. The van der Waals surface area contributed by atoms with Gasteiger partial charge in [-0.05, 0) is 29.8 Å². The Morgan fingerprint density at radius 1 is 1.15 bits per heavy atom. The van der Waals surface area contributed by atoms with Crippen LogP contribution in [-0.2, 0) is 14.8 Å². The van der Waals surface area contributed by atoms with Gasteiger partial charge in [-0.2, -0.15) is 0 Å². The molecule has 1 saturated heterocycles. The molecule has 1 N–H and O–H groups in total. The van der Waals surface area contributed by atoms with E-state index < -0.39 is 16.1 Å². The van der Waals surface area contributed by atoms with Crippen LogP contribution in [-0.4, -0.2) is 38.2 Å². The Morgan fingerprint density at radius 2 is 1.85 bits per heavy atom. The normalized spacial score (nSPS) is 25.4. The van der Waals surface area contributed by atoms with Gasteiger partial charge in [-0.1, -0.05) is 24.3 Å². The van der Waals surface area contributed by atoms with E-state index in [9.17, 15) is 17.6 Å². The largest absolute Gasteiger partial charge is 0.336 e. The molecule has 134 valence electrons. The van der Waals surface area contributed by atoms with Gasteiger partial charge < -0.3 is 4.90 Å². The third-order valence-corrected chi connectivity index (χ3v) is 6.13. The maximum atomic E-state index is 13.2. The summed E-state index contributed by atoms with van der Waals surface area (Å²) in [6.07, 6.45) is 0.159. The Morgan fingerprint density at radius 3 is 2.58 bits per heavy atom. The number of nitrogens with one attached hydrogen (secondary N) is 1. The molecule has 0 aromatic heterocycles. The Kier molecular flexibility index (Phi) is 3.80. The fourth-order valence-corrected chi connectivity index (χ4v) is 4.70. The average molecular weight is 373 g/mol. The van der Waals surface area contributed by atoms with E-state index in [4.69, 9.17) is 0 Å². The number of sulfonamides is 1. The van der Waals surface area contributed by atoms with Crippen molar-refractivity contribution in [3.63, 3.8) is 0 Å². The van der Waals surface area contributed by atoms with E-state index in [0.29, 0.717) is 5.56 Å². The summed E-state index contributed by atoms with van der Waals surface area (Å²) >= 11 is 0. The highest BCUT2D eigenvalue weighted by Gasteiger charge is 2.40. The number of likely N-dealkylation sites (tertiary alicyclic amines) is 1. The topological polar surface area (TPSA) is 78.8 Å². The number of hydrogen-bond donors (Lipinski definition) is 1. The first-order valence-electron chi connectivity index (χ1n) is 8.08. The molecule has 26 heavy (non-hydrogen) atoms. The number of fused-ring (bicyclic) bond motifs is 1. The van der Waals surface area contributed by atoms with E-state index in [2.05, 4.69) is 9.71 Å². The summed E-state index contributed by atoms with van der Waals surface area (Å²) in [5.74, 6) is -0.218. The van der Waals surface area contributed by atoms with E-state index in [1.54, 1.807) is 42.3 Å². The Hall–Kier alpha value is -2.74. The molecule has 2 aromatic rings. The molecule has 2 heterocycles. The molecule has 0 aliphatic carbocycles. The van der Waals surface area contributed by atoms with Crippen LogP contribution in [0.25, 0.3) is 0 Å². The molecule has 2 aliphatic rings. The van der Waals surface area contributed by atoms with Gasteiger partial charge in [0.25, 0.3) is 10.0 Å². The molecule has 0 spiro atoms. The van der Waals surface area contributed by atoms with Gasteiger partial charge >= 0.3 is 0 Å². The number of nitrogens with zero attached hydrogens (tertiary/aromatic N) is 2. The smallest absolute Gasteiger partial charge is 0.263 e. The number of likely N-dealkylation sites (N-methyl/N-ethyl adjacent to an activating group) is 1. The zero-order valence-corrected chi connectivity index (χ0v) is 14.7. The van der Waals surface area contributed by atoms with Crippen LogP contribution in [0.5, 0.6) is 0 Å². The van der Waals surface area contributed by atoms with Crippen molar-refractivity contribution in [2.24, 2.45) is 4.99 Å². The maximum Gasteiger partial charge on any atom is 0.263 e. The van der Waals surface area contributed by atoms with Crippen LogP contribution in [0.15, 0.2) is 58.4 Å². The summed E-state index contributed by atoms with van der Waals surface area (Å²) in [5, 5.41) is 0. The van der Waals surface area contributed by atoms with Crippen LogP contribution < -0.4 is 4.72 Å². The van der Waals surface area contributed by atoms with Gasteiger partial charge in [-0.3, -0.25) is 14.5 Å². The predicted octanol–water partition coefficient (Wildman–Crippen LogP) is 1.84. The van der Waals surface area contributed by atoms with Crippen molar-refractivity contribution in [3.05, 3.63) is 65.5 Å².